The van der Waals surface area contributed by atoms with Gasteiger partial charge in [-0.15, -0.1) is 0 Å². The number of hydrogen-bond acceptors (Lipinski definition) is 3. The fourth-order valence-corrected chi connectivity index (χ4v) is 1.70. The summed E-state index contributed by atoms with van der Waals surface area (Å²) in [6.45, 7) is 0. The van der Waals surface area contributed by atoms with Gasteiger partial charge in [-0.2, -0.15) is 0 Å². The molecular weight excluding hydrogens is 258 g/mol. The molecule has 0 saturated carbocycles. The lowest BCUT2D eigenvalue weighted by Crippen LogP contribution is -2.12. The summed E-state index contributed by atoms with van der Waals surface area (Å²) >= 11 is 3.38. The first-order chi connectivity index (χ1) is 7.13. The lowest BCUT2D eigenvalue weighted by Gasteiger charge is -2.11. The number of carbonyl (C=O) groups excluding carboxylic acids is 1. The summed E-state index contributed by atoms with van der Waals surface area (Å²) < 4.78 is 5.55. The summed E-state index contributed by atoms with van der Waals surface area (Å²) in [6.07, 6.45) is 0.952. The first-order valence-electron chi connectivity index (χ1n) is 4.71. The van der Waals surface area contributed by atoms with Gasteiger partial charge in [0, 0.05) is 16.9 Å². The highest BCUT2D eigenvalue weighted by molar-refractivity contribution is 9.10. The summed E-state index contributed by atoms with van der Waals surface area (Å²) in [5.41, 5.74) is 6.96. The van der Waals surface area contributed by atoms with Crippen molar-refractivity contribution < 1.29 is 9.53 Å². The van der Waals surface area contributed by atoms with Crippen LogP contribution in [0.4, 0.5) is 0 Å². The zero-order valence-electron chi connectivity index (χ0n) is 8.57. The van der Waals surface area contributed by atoms with E-state index in [2.05, 4.69) is 20.7 Å². The highest BCUT2D eigenvalue weighted by atomic mass is 79.9. The largest absolute Gasteiger partial charge is 0.469 e. The number of methoxy groups -OCH3 is 1. The molecule has 0 aliphatic rings. The molecule has 82 valence electrons. The molecule has 0 amide bonds. The maximum Gasteiger partial charge on any atom is 0.305 e. The highest BCUT2D eigenvalue weighted by Gasteiger charge is 2.09. The van der Waals surface area contributed by atoms with Crippen molar-refractivity contribution in [1.82, 2.24) is 0 Å². The third kappa shape index (κ3) is 4.01. The Labute approximate surface area is 97.7 Å². The van der Waals surface area contributed by atoms with Gasteiger partial charge in [0.15, 0.2) is 0 Å². The van der Waals surface area contributed by atoms with E-state index in [0.29, 0.717) is 12.8 Å². The van der Waals surface area contributed by atoms with Crippen LogP contribution in [0.25, 0.3) is 0 Å². The minimum Gasteiger partial charge on any atom is -0.469 e. The van der Waals surface area contributed by atoms with Crippen LogP contribution in [0.3, 0.4) is 0 Å². The molecule has 1 rings (SSSR count). The van der Waals surface area contributed by atoms with E-state index in [9.17, 15) is 4.79 Å². The second-order valence-corrected chi connectivity index (χ2v) is 4.19. The van der Waals surface area contributed by atoms with Gasteiger partial charge in [-0.25, -0.2) is 0 Å². The number of halogens is 1. The van der Waals surface area contributed by atoms with E-state index < -0.39 is 0 Å². The number of ether oxygens (including phenoxy) is 1. The smallest absolute Gasteiger partial charge is 0.305 e. The topological polar surface area (TPSA) is 52.3 Å². The average molecular weight is 272 g/mol. The molecule has 3 nitrogen and oxygen atoms in total. The van der Waals surface area contributed by atoms with Gasteiger partial charge < -0.3 is 10.5 Å². The number of nitrogens with two attached hydrogens (primary N) is 1. The number of esters is 1. The van der Waals surface area contributed by atoms with Crippen LogP contribution in [0.2, 0.25) is 0 Å². The zero-order valence-corrected chi connectivity index (χ0v) is 10.2. The van der Waals surface area contributed by atoms with Crippen molar-refractivity contribution in [3.8, 4) is 0 Å². The fourth-order valence-electron chi connectivity index (χ4n) is 1.28. The van der Waals surface area contributed by atoms with Crippen molar-refractivity contribution in [2.24, 2.45) is 5.73 Å². The third-order valence-corrected chi connectivity index (χ3v) is 2.66. The summed E-state index contributed by atoms with van der Waals surface area (Å²) in [6, 6.07) is 7.66. The molecule has 0 spiro atoms. The number of benzene rings is 1. The molecule has 0 aliphatic carbocycles. The maximum atomic E-state index is 10.9. The van der Waals surface area contributed by atoms with Crippen molar-refractivity contribution >= 4 is 21.9 Å². The summed E-state index contributed by atoms with van der Waals surface area (Å²) in [7, 11) is 1.38. The molecular formula is C11H14BrNO2. The number of carbonyl (C=O) groups is 1. The SMILES string of the molecule is COC(=O)CCC(N)c1cccc(Br)c1. The van der Waals surface area contributed by atoms with Crippen LogP contribution in [0.1, 0.15) is 24.4 Å². The van der Waals surface area contributed by atoms with Gasteiger partial charge in [0.2, 0.25) is 0 Å². The van der Waals surface area contributed by atoms with Crippen LogP contribution >= 0.6 is 15.9 Å². The minimum atomic E-state index is -0.222. The number of hydrogen-bond donors (Lipinski definition) is 1. The molecule has 1 aromatic carbocycles. The monoisotopic (exact) mass is 271 g/mol. The van der Waals surface area contributed by atoms with E-state index in [1.807, 2.05) is 24.3 Å². The molecule has 1 atom stereocenters. The molecule has 0 heterocycles. The first kappa shape index (κ1) is 12.2. The Hall–Kier alpha value is -0.870. The Bertz CT molecular complexity index is 341. The van der Waals surface area contributed by atoms with Crippen molar-refractivity contribution in [2.45, 2.75) is 18.9 Å². The molecule has 4 heteroatoms. The van der Waals surface area contributed by atoms with E-state index in [4.69, 9.17) is 5.73 Å². The van der Waals surface area contributed by atoms with E-state index in [1.54, 1.807) is 0 Å². The quantitative estimate of drug-likeness (QED) is 0.856. The van der Waals surface area contributed by atoms with E-state index >= 15 is 0 Å². The molecule has 1 unspecified atom stereocenters. The molecule has 0 radical (unpaired) electrons. The minimum absolute atomic E-state index is 0.124. The standard InChI is InChI=1S/C11H14BrNO2/c1-15-11(14)6-5-10(13)8-3-2-4-9(12)7-8/h2-4,7,10H,5-6,13H2,1H3. The highest BCUT2D eigenvalue weighted by Crippen LogP contribution is 2.19. The summed E-state index contributed by atoms with van der Waals surface area (Å²) in [4.78, 5) is 10.9. The van der Waals surface area contributed by atoms with Crippen LogP contribution < -0.4 is 5.73 Å². The second-order valence-electron chi connectivity index (χ2n) is 3.28. The Kier molecular flexibility index (Phi) is 4.78. The van der Waals surface area contributed by atoms with Crippen molar-refractivity contribution in [3.05, 3.63) is 34.3 Å². The predicted molar refractivity (Wildman–Crippen MR) is 62.3 cm³/mol. The van der Waals surface area contributed by atoms with Crippen LogP contribution in [0.5, 0.6) is 0 Å². The lowest BCUT2D eigenvalue weighted by molar-refractivity contribution is -0.140. The Morgan fingerprint density at radius 3 is 2.93 bits per heavy atom. The zero-order chi connectivity index (χ0) is 11.3. The van der Waals surface area contributed by atoms with Crippen molar-refractivity contribution in [1.29, 1.82) is 0 Å². The molecule has 0 aliphatic heterocycles. The molecule has 0 fully saturated rings. The Morgan fingerprint density at radius 2 is 2.33 bits per heavy atom. The molecule has 1 aromatic rings. The van der Waals surface area contributed by atoms with E-state index in [0.717, 1.165) is 10.0 Å². The van der Waals surface area contributed by atoms with Gasteiger partial charge in [0.05, 0.1) is 7.11 Å². The number of rotatable bonds is 4. The summed E-state index contributed by atoms with van der Waals surface area (Å²) in [5, 5.41) is 0. The molecule has 15 heavy (non-hydrogen) atoms. The van der Waals surface area contributed by atoms with Crippen LogP contribution in [-0.2, 0) is 9.53 Å². The molecule has 2 N–H and O–H groups in total. The fraction of sp³-hybridized carbons (Fsp3) is 0.364. The normalized spacial score (nSPS) is 12.2. The molecule has 0 aromatic heterocycles. The maximum absolute atomic E-state index is 10.9. The van der Waals surface area contributed by atoms with Gasteiger partial charge in [0.1, 0.15) is 0 Å². The van der Waals surface area contributed by atoms with Gasteiger partial charge in [-0.1, -0.05) is 28.1 Å². The molecule has 0 saturated heterocycles. The van der Waals surface area contributed by atoms with Crippen molar-refractivity contribution in [2.75, 3.05) is 7.11 Å². The summed E-state index contributed by atoms with van der Waals surface area (Å²) in [5.74, 6) is -0.222. The van der Waals surface area contributed by atoms with Gasteiger partial charge >= 0.3 is 5.97 Å². The van der Waals surface area contributed by atoms with E-state index in [-0.39, 0.29) is 12.0 Å². The van der Waals surface area contributed by atoms with Gasteiger partial charge in [0.25, 0.3) is 0 Å². The van der Waals surface area contributed by atoms with Crippen LogP contribution in [0.15, 0.2) is 28.7 Å². The first-order valence-corrected chi connectivity index (χ1v) is 5.50. The third-order valence-electron chi connectivity index (χ3n) is 2.16. The van der Waals surface area contributed by atoms with Gasteiger partial charge in [-0.05, 0) is 24.1 Å². The second kappa shape index (κ2) is 5.88. The van der Waals surface area contributed by atoms with Crippen molar-refractivity contribution in [3.63, 3.8) is 0 Å². The lowest BCUT2D eigenvalue weighted by atomic mass is 10.0. The van der Waals surface area contributed by atoms with E-state index in [1.165, 1.54) is 7.11 Å². The average Bonchev–Trinajstić information content (AvgIpc) is 2.25. The molecule has 0 bridgehead atoms. The van der Waals surface area contributed by atoms with Crippen LogP contribution in [0, 0.1) is 0 Å². The Morgan fingerprint density at radius 1 is 1.60 bits per heavy atom. The predicted octanol–water partition coefficient (Wildman–Crippen LogP) is 2.40. The van der Waals surface area contributed by atoms with Gasteiger partial charge in [-0.3, -0.25) is 4.79 Å². The Balaban J connectivity index is 2.53. The van der Waals surface area contributed by atoms with Crippen LogP contribution in [-0.4, -0.2) is 13.1 Å².